The van der Waals surface area contributed by atoms with Crippen LogP contribution in [0.1, 0.15) is 0 Å². The van der Waals surface area contributed by atoms with Crippen molar-refractivity contribution in [2.24, 2.45) is 0 Å². The van der Waals surface area contributed by atoms with Crippen LogP contribution in [-0.2, 0) is 0 Å². The van der Waals surface area contributed by atoms with E-state index in [1.807, 2.05) is 24.3 Å². The molecule has 0 fully saturated rings. The second-order valence-electron chi connectivity index (χ2n) is 10.3. The monoisotopic (exact) mass is 505 g/mol. The number of nitrogens with zero attached hydrogens (tertiary/aromatic N) is 3. The van der Waals surface area contributed by atoms with Crippen molar-refractivity contribution < 1.29 is 0 Å². The van der Waals surface area contributed by atoms with Gasteiger partial charge in [0.05, 0.1) is 11.2 Å². The third kappa shape index (κ3) is 3.57. The minimum absolute atomic E-state index is 0.738. The fraction of sp³-hybridized carbons (Fsp3) is 0.0588. The number of hydrogen-bond acceptors (Lipinski definition) is 3. The Morgan fingerprint density at radius 3 is 1.74 bits per heavy atom. The summed E-state index contributed by atoms with van der Waals surface area (Å²) >= 11 is 0. The van der Waals surface area contributed by atoms with E-state index in [-0.39, 0.29) is 0 Å². The van der Waals surface area contributed by atoms with Crippen molar-refractivity contribution in [1.82, 2.24) is 9.97 Å². The van der Waals surface area contributed by atoms with Gasteiger partial charge in [-0.25, -0.2) is 9.97 Å². The Kier molecular flexibility index (Phi) is 5.23. The summed E-state index contributed by atoms with van der Waals surface area (Å²) in [5.74, 6) is 0.738. The average molecular weight is 506 g/mol. The Morgan fingerprint density at radius 1 is 0.553 bits per heavy atom. The van der Waals surface area contributed by atoms with Crippen LogP contribution in [0.2, 0.25) is 13.1 Å². The summed E-state index contributed by atoms with van der Waals surface area (Å²) in [7, 11) is -1.83. The minimum atomic E-state index is -1.83. The first-order valence-corrected chi connectivity index (χ1v) is 16.0. The van der Waals surface area contributed by atoms with Gasteiger partial charge in [-0.1, -0.05) is 110 Å². The Balaban J connectivity index is 1.48. The molecular weight excluding hydrogens is 478 g/mol. The average Bonchev–Trinajstić information content (AvgIpc) is 2.97. The van der Waals surface area contributed by atoms with E-state index in [9.17, 15) is 0 Å². The van der Waals surface area contributed by atoms with Crippen molar-refractivity contribution in [2.75, 3.05) is 4.90 Å². The molecule has 0 amide bonds. The number of rotatable bonds is 3. The Hall–Kier alpha value is -4.54. The van der Waals surface area contributed by atoms with Gasteiger partial charge in [0.15, 0.2) is 5.82 Å². The van der Waals surface area contributed by atoms with Gasteiger partial charge in [-0.2, -0.15) is 0 Å². The third-order valence-corrected chi connectivity index (χ3v) is 11.2. The van der Waals surface area contributed by atoms with E-state index < -0.39 is 8.07 Å². The highest BCUT2D eigenvalue weighted by molar-refractivity contribution is 7.02. The molecule has 5 aromatic carbocycles. The summed E-state index contributed by atoms with van der Waals surface area (Å²) in [4.78, 5) is 12.6. The predicted molar refractivity (Wildman–Crippen MR) is 162 cm³/mol. The summed E-state index contributed by atoms with van der Waals surface area (Å²) in [6, 6.07) is 45.1. The smallest absolute Gasteiger partial charge is 0.160 e. The van der Waals surface area contributed by atoms with E-state index in [1.54, 1.807) is 0 Å². The lowest BCUT2D eigenvalue weighted by Crippen LogP contribution is -2.58. The van der Waals surface area contributed by atoms with Crippen molar-refractivity contribution in [3.05, 3.63) is 127 Å². The van der Waals surface area contributed by atoms with Crippen LogP contribution in [0.15, 0.2) is 127 Å². The maximum atomic E-state index is 5.10. The first kappa shape index (κ1) is 22.6. The molecule has 0 atom stereocenters. The molecule has 0 saturated heterocycles. The fourth-order valence-electron chi connectivity index (χ4n) is 5.74. The van der Waals surface area contributed by atoms with Gasteiger partial charge in [-0.05, 0) is 40.7 Å². The predicted octanol–water partition coefficient (Wildman–Crippen LogP) is 7.57. The molecule has 2 heterocycles. The maximum Gasteiger partial charge on any atom is 0.160 e. The molecule has 1 aromatic heterocycles. The first-order valence-electron chi connectivity index (χ1n) is 13.0. The lowest BCUT2D eigenvalue weighted by Gasteiger charge is -2.41. The van der Waals surface area contributed by atoms with Crippen molar-refractivity contribution >= 4 is 46.4 Å². The Labute approximate surface area is 224 Å². The number of para-hydroxylation sites is 2. The van der Waals surface area contributed by atoms with Crippen molar-refractivity contribution in [3.63, 3.8) is 0 Å². The molecule has 6 aromatic rings. The van der Waals surface area contributed by atoms with Crippen molar-refractivity contribution in [2.45, 2.75) is 13.1 Å². The molecule has 4 heteroatoms. The largest absolute Gasteiger partial charge is 0.311 e. The van der Waals surface area contributed by atoms with E-state index in [4.69, 9.17) is 9.97 Å². The second-order valence-corrected chi connectivity index (χ2v) is 14.7. The van der Waals surface area contributed by atoms with Crippen LogP contribution in [0.4, 0.5) is 17.1 Å². The number of hydrogen-bond donors (Lipinski definition) is 0. The normalized spacial score (nSPS) is 13.7. The summed E-state index contributed by atoms with van der Waals surface area (Å²) in [5.41, 5.74) is 7.63. The van der Waals surface area contributed by atoms with Gasteiger partial charge in [0.25, 0.3) is 0 Å². The van der Waals surface area contributed by atoms with Crippen LogP contribution < -0.4 is 15.3 Å². The zero-order valence-electron chi connectivity index (χ0n) is 21.5. The van der Waals surface area contributed by atoms with Gasteiger partial charge in [0.1, 0.15) is 8.07 Å². The van der Waals surface area contributed by atoms with E-state index >= 15 is 0 Å². The summed E-state index contributed by atoms with van der Waals surface area (Å²) < 4.78 is 0. The molecule has 0 radical (unpaired) electrons. The summed E-state index contributed by atoms with van der Waals surface area (Å²) in [6.07, 6.45) is 0. The van der Waals surface area contributed by atoms with E-state index in [2.05, 4.69) is 121 Å². The standard InChI is InChI=1S/C34H27N3Si/c1-38(2)31-19-11-9-17-29(31)37(30-18-10-12-20-32(30)38)26-21-22-27-28(23-26)35-34(25-15-7-4-8-16-25)36-33(27)24-13-5-3-6-14-24/h3-23H,1-2H3. The zero-order valence-corrected chi connectivity index (χ0v) is 22.5. The number of anilines is 3. The molecule has 0 N–H and O–H groups in total. The molecule has 0 spiro atoms. The van der Waals surface area contributed by atoms with Gasteiger partial charge in [0.2, 0.25) is 0 Å². The molecule has 182 valence electrons. The molecule has 1 aliphatic rings. The molecule has 38 heavy (non-hydrogen) atoms. The fourth-order valence-corrected chi connectivity index (χ4v) is 8.72. The van der Waals surface area contributed by atoms with Gasteiger partial charge < -0.3 is 4.90 Å². The Morgan fingerprint density at radius 2 is 1.11 bits per heavy atom. The third-order valence-electron chi connectivity index (χ3n) is 7.65. The molecule has 0 saturated carbocycles. The highest BCUT2D eigenvalue weighted by atomic mass is 28.3. The number of benzene rings is 5. The minimum Gasteiger partial charge on any atom is -0.311 e. The molecule has 0 bridgehead atoms. The van der Waals surface area contributed by atoms with Gasteiger partial charge in [-0.15, -0.1) is 0 Å². The zero-order chi connectivity index (χ0) is 25.7. The van der Waals surface area contributed by atoms with Crippen LogP contribution in [0.3, 0.4) is 0 Å². The van der Waals surface area contributed by atoms with Crippen LogP contribution >= 0.6 is 0 Å². The molecule has 0 aliphatic carbocycles. The quantitative estimate of drug-likeness (QED) is 0.232. The molecule has 0 unspecified atom stereocenters. The maximum absolute atomic E-state index is 5.10. The van der Waals surface area contributed by atoms with E-state index in [1.165, 1.54) is 21.7 Å². The topological polar surface area (TPSA) is 29.0 Å². The molecule has 7 rings (SSSR count). The van der Waals surface area contributed by atoms with Crippen LogP contribution in [0.25, 0.3) is 33.5 Å². The van der Waals surface area contributed by atoms with Crippen LogP contribution in [-0.4, -0.2) is 18.0 Å². The summed E-state index contributed by atoms with van der Waals surface area (Å²) in [6.45, 7) is 4.90. The van der Waals surface area contributed by atoms with Crippen LogP contribution in [0.5, 0.6) is 0 Å². The molecule has 1 aliphatic heterocycles. The lowest BCUT2D eigenvalue weighted by molar-refractivity contribution is 1.22. The SMILES string of the molecule is C[Si]1(C)c2ccccc2N(c2ccc3c(-c4ccccc4)nc(-c4ccccc4)nc3c2)c2ccccc21. The van der Waals surface area contributed by atoms with Gasteiger partial charge >= 0.3 is 0 Å². The van der Waals surface area contributed by atoms with Gasteiger partial charge in [0, 0.05) is 33.6 Å². The second kappa shape index (κ2) is 8.79. The van der Waals surface area contributed by atoms with Gasteiger partial charge in [-0.3, -0.25) is 0 Å². The lowest BCUT2D eigenvalue weighted by atomic mass is 10.0. The summed E-state index contributed by atoms with van der Waals surface area (Å²) in [5, 5.41) is 3.96. The van der Waals surface area contributed by atoms with E-state index in [0.29, 0.717) is 0 Å². The van der Waals surface area contributed by atoms with Crippen molar-refractivity contribution in [1.29, 1.82) is 0 Å². The van der Waals surface area contributed by atoms with Crippen LogP contribution in [0, 0.1) is 0 Å². The molecule has 3 nitrogen and oxygen atoms in total. The Bertz CT molecular complexity index is 1750. The first-order chi connectivity index (χ1) is 18.6. The molecular formula is C34H27N3Si. The number of fused-ring (bicyclic) bond motifs is 3. The van der Waals surface area contributed by atoms with E-state index in [0.717, 1.165) is 39.2 Å². The number of aromatic nitrogens is 2. The highest BCUT2D eigenvalue weighted by Gasteiger charge is 2.38. The highest BCUT2D eigenvalue weighted by Crippen LogP contribution is 2.40. The van der Waals surface area contributed by atoms with Crippen molar-refractivity contribution in [3.8, 4) is 22.6 Å².